The van der Waals surface area contributed by atoms with Crippen molar-refractivity contribution in [1.29, 1.82) is 5.15 Å². The van der Waals surface area contributed by atoms with Crippen LogP contribution in [0.3, 0.4) is 0 Å². The van der Waals surface area contributed by atoms with Gasteiger partial charge in [-0.3, -0.25) is 58.9 Å². The van der Waals surface area contributed by atoms with Crippen LogP contribution >= 0.6 is 103 Å². The molecular formula is C22H40B4NO47P13-16. The second-order valence-corrected chi connectivity index (χ2v) is 31.7. The molecule has 0 bridgehead atoms. The van der Waals surface area contributed by atoms with Gasteiger partial charge in [0.05, 0.1) is 82.1 Å². The van der Waals surface area contributed by atoms with E-state index in [0.29, 0.717) is 12.8 Å². The van der Waals surface area contributed by atoms with Gasteiger partial charge in [0.2, 0.25) is 0 Å². The molecule has 0 aromatic heterocycles. The molecule has 508 valence electrons. The SMILES string of the molecule is C.C.[3H]N=P.[B]C1C=CC(COP(=O)([O-])OP(=O)([O-])OP(=O)([O-])[O-])O1.[B]C1CC(O)C(COP(=O)([O-])OP(=O)([O-])OP(=O)([O-])[O-])O1.[B]C1CCC(COP(=O)([O-])OP(=O)([O-])OP(=O)([O-])[O-])O1.[B]C1OC(COP(=O)([O-])OP(=O)([O-])OP(=O)([O-])[O-])C(O)C1O. The topological polar surface area (TPSA) is 806 Å². The number of rotatable bonds is 28. The van der Waals surface area contributed by atoms with Crippen molar-refractivity contribution in [3.05, 3.63) is 12.2 Å². The van der Waals surface area contributed by atoms with Crippen molar-refractivity contribution in [3.8, 4) is 0 Å². The van der Waals surface area contributed by atoms with Crippen molar-refractivity contribution in [2.24, 2.45) is 0 Å². The summed E-state index contributed by atoms with van der Waals surface area (Å²) in [6, 6.07) is -3.55. The molecule has 0 spiro atoms. The summed E-state index contributed by atoms with van der Waals surface area (Å²) in [6.45, 7) is -3.11. The number of phosphoric ester groups is 4. The van der Waals surface area contributed by atoms with Crippen LogP contribution in [0.15, 0.2) is 12.2 Å². The summed E-state index contributed by atoms with van der Waals surface area (Å²) in [4.78, 5) is 168. The molecule has 3 fully saturated rings. The van der Waals surface area contributed by atoms with E-state index in [0.717, 1.165) is 0 Å². The molecule has 0 amide bonds. The normalized spacial score (nSPS) is 30.4. The summed E-state index contributed by atoms with van der Waals surface area (Å²) < 4.78 is 195. The molecule has 0 aromatic carbocycles. The van der Waals surface area contributed by atoms with Gasteiger partial charge in [0.25, 0.3) is 62.6 Å². The summed E-state index contributed by atoms with van der Waals surface area (Å²) in [6.07, 6.45) is -4.92. The van der Waals surface area contributed by atoms with Crippen LogP contribution in [0.25, 0.3) is 0 Å². The van der Waals surface area contributed by atoms with Crippen LogP contribution in [0.5, 0.6) is 0 Å². The molecule has 0 aromatic rings. The van der Waals surface area contributed by atoms with Crippen molar-refractivity contribution in [2.75, 3.05) is 26.4 Å². The van der Waals surface area contributed by atoms with Crippen molar-refractivity contribution in [1.82, 2.24) is 0 Å². The zero-order valence-corrected chi connectivity index (χ0v) is 52.1. The Kier molecular flexibility index (Phi) is 39.4. The molecule has 48 nitrogen and oxygen atoms in total. The molecule has 19 unspecified atom stereocenters. The Bertz CT molecular complexity index is 2820. The second kappa shape index (κ2) is 37.8. The molecule has 0 saturated carbocycles. The van der Waals surface area contributed by atoms with Crippen molar-refractivity contribution in [3.63, 3.8) is 0 Å². The van der Waals surface area contributed by atoms with Gasteiger partial charge in [0.1, 0.15) is 49.7 Å². The van der Waals surface area contributed by atoms with Gasteiger partial charge in [-0.2, -0.15) is 0 Å². The Morgan fingerprint density at radius 3 is 1.05 bits per heavy atom. The molecule has 4 rings (SSSR count). The lowest BCUT2D eigenvalue weighted by molar-refractivity contribution is -0.342. The number of hydrogen-bond donors (Lipinski definition) is 4. The van der Waals surface area contributed by atoms with Crippen LogP contribution in [0.2, 0.25) is 1.41 Å². The van der Waals surface area contributed by atoms with E-state index in [1.807, 2.05) is 0 Å². The van der Waals surface area contributed by atoms with Crippen LogP contribution in [0.1, 0.15) is 34.1 Å². The van der Waals surface area contributed by atoms with E-state index >= 15 is 0 Å². The van der Waals surface area contributed by atoms with Crippen LogP contribution in [-0.2, 0) is 126 Å². The number of ether oxygens (including phenoxy) is 4. The fraction of sp³-hybridized carbons (Fsp3) is 0.909. The minimum atomic E-state index is -6.07. The molecule has 4 heterocycles. The average Bonchev–Trinajstić information content (AvgIpc) is 4.11. The lowest BCUT2D eigenvalue weighted by atomic mass is 9.93. The largest absolute Gasteiger partial charge is 0.790 e. The highest BCUT2D eigenvalue weighted by atomic mass is 31.3. The first-order valence-electron chi connectivity index (χ1n) is 20.7. The van der Waals surface area contributed by atoms with E-state index in [4.69, 9.17) is 51.7 Å². The zero-order chi connectivity index (χ0) is 67.7. The molecule has 0 aliphatic carbocycles. The third-order valence-electron chi connectivity index (χ3n) is 7.85. The minimum absolute atomic E-state index is 0. The number of hydrogen-bond acceptors (Lipinski definition) is 48. The first-order chi connectivity index (χ1) is 38.2. The van der Waals surface area contributed by atoms with Crippen molar-refractivity contribution >= 4 is 134 Å². The fourth-order valence-corrected chi connectivity index (χ4v) is 16.6. The maximum absolute atomic E-state index is 11.2. The molecule has 8 radical (unpaired) electrons. The summed E-state index contributed by atoms with van der Waals surface area (Å²) >= 11 is 0. The maximum atomic E-state index is 11.2. The van der Waals surface area contributed by atoms with Crippen LogP contribution in [0.4, 0.5) is 0 Å². The molecule has 3 saturated heterocycles. The number of aliphatic hydroxyl groups excluding tert-OH is 3. The van der Waals surface area contributed by atoms with Gasteiger partial charge in [-0.15, -0.1) is 0 Å². The zero-order valence-electron chi connectivity index (χ0n) is 41.4. The van der Waals surface area contributed by atoms with E-state index < -0.39 is 187 Å². The molecule has 4 N–H and O–H groups in total. The molecule has 65 heteroatoms. The Morgan fingerprint density at radius 2 is 0.782 bits per heavy atom. The van der Waals surface area contributed by atoms with Gasteiger partial charge in [-0.1, -0.05) is 27.0 Å². The van der Waals surface area contributed by atoms with Crippen molar-refractivity contribution in [2.45, 2.75) is 101 Å². The van der Waals surface area contributed by atoms with E-state index in [9.17, 15) is 148 Å². The monoisotopic (exact) mass is 1520 g/mol. The standard InChI is InChI=1S/C5H12BO13P3.C5H12BO12P3.C5H12BO11P3.C5H10BO11P3.2CH4.H2NP/c6-5-4(8)3(7)2(17-5)1-16-21(12,13)19-22(14,15)18-20(9,10)11;6-5-1-3(7)4(16-5)2-15-20(11,12)18-21(13,14)17-19(8,9)10;2*6-5-2-1-4(15-5)3-14-19(10,11)17-20(12,13)16-18(7,8)9;;;1-2/h2-5,7-8H,1H2,(H,12,13)(H,14,15)(H2,9,10,11);3-5,7H,1-2H2,(H,11,12)(H,13,14)(H2,8,9,10);4-5H,1-3H2,(H,10,11)(H,12,13)(H2,7,8,9);1-2,4-5H,3H2,(H,10,11)(H,12,13)(H2,7,8,9);2*1H4;1-2H/p-16/i/hT. The van der Waals surface area contributed by atoms with E-state index in [2.05, 4.69) is 66.8 Å². The third-order valence-corrected chi connectivity index (χ3v) is 22.5. The van der Waals surface area contributed by atoms with Gasteiger partial charge >= 0.3 is 0 Å². The summed E-state index contributed by atoms with van der Waals surface area (Å²) in [5.41, 5.74) is 0. The Hall–Kier alpha value is 1.46. The average molecular weight is 1520 g/mol. The van der Waals surface area contributed by atoms with Crippen LogP contribution in [-0.4, -0.2) is 140 Å². The predicted octanol–water partition coefficient (Wildman–Crippen LogP) is -11.2. The van der Waals surface area contributed by atoms with Gasteiger partial charge in [0.15, 0.2) is 1.41 Å². The van der Waals surface area contributed by atoms with E-state index in [1.54, 1.807) is 0 Å². The van der Waals surface area contributed by atoms with Gasteiger partial charge in [-0.25, -0.2) is 17.2 Å². The number of nitrogens with one attached hydrogen (secondary N) is 1. The minimum Gasteiger partial charge on any atom is -0.790 e. The van der Waals surface area contributed by atoms with Crippen molar-refractivity contribution < 1.29 is 221 Å². The Balaban J connectivity index is -0.00000107. The molecular weight excluding hydrogens is 1480 g/mol. The molecule has 19 atom stereocenters. The first-order valence-corrected chi connectivity index (χ1v) is 38.2. The van der Waals surface area contributed by atoms with Gasteiger partial charge in [0, 0.05) is 24.0 Å². The number of phosphoric acid groups is 12. The second-order valence-electron chi connectivity index (χ2n) is 14.7. The smallest absolute Gasteiger partial charge is 0.278 e. The quantitative estimate of drug-likeness (QED) is 0.0321. The Morgan fingerprint density at radius 1 is 0.448 bits per heavy atom. The summed E-state index contributed by atoms with van der Waals surface area (Å²) in [7, 11) is -46.5. The summed E-state index contributed by atoms with van der Waals surface area (Å²) in [5, 5.41) is 30.5. The highest BCUT2D eigenvalue weighted by molar-refractivity contribution is 7.66. The molecule has 4 aliphatic rings. The van der Waals surface area contributed by atoms with Gasteiger partial charge < -0.3 is 149 Å². The lowest BCUT2D eigenvalue weighted by Crippen LogP contribution is -2.34. The van der Waals surface area contributed by atoms with Gasteiger partial charge in [-0.05, 0) is 28.3 Å². The Labute approximate surface area is 498 Å². The predicted molar refractivity (Wildman–Crippen MR) is 247 cm³/mol. The highest BCUT2D eigenvalue weighted by Gasteiger charge is 2.41. The molecule has 4 aliphatic heterocycles. The van der Waals surface area contributed by atoms with Crippen LogP contribution in [0, 0.1) is 5.15 Å². The molecule has 87 heavy (non-hydrogen) atoms. The third kappa shape index (κ3) is 44.8. The van der Waals surface area contributed by atoms with Crippen LogP contribution < -0.4 is 78.3 Å². The summed E-state index contributed by atoms with van der Waals surface area (Å²) in [5.74, 6) is 0. The van der Waals surface area contributed by atoms with E-state index in [-0.39, 0.29) is 21.3 Å². The lowest BCUT2D eigenvalue weighted by Gasteiger charge is -2.37. The highest BCUT2D eigenvalue weighted by Crippen LogP contribution is 2.63. The fourth-order valence-electron chi connectivity index (χ4n) is 5.11. The maximum Gasteiger partial charge on any atom is 0.278 e. The number of aliphatic hydroxyl groups is 3. The van der Waals surface area contributed by atoms with E-state index in [1.165, 1.54) is 12.2 Å². The first kappa shape index (κ1) is 90.5.